The van der Waals surface area contributed by atoms with Gasteiger partial charge in [-0.1, -0.05) is 19.6 Å². The SMILES string of the molecule is C=C1C(=O)OC2CC(C)C(O)CC(=O)C(C)(O)C(OC(C)=O)C(OC(=O)C(C)=CC)C12. The third kappa shape index (κ3) is 5.04. The van der Waals surface area contributed by atoms with Crippen LogP contribution in [0.4, 0.5) is 0 Å². The zero-order valence-electron chi connectivity index (χ0n) is 18.4. The maximum Gasteiger partial charge on any atom is 0.334 e. The molecule has 1 aliphatic carbocycles. The van der Waals surface area contributed by atoms with Crippen LogP contribution in [-0.4, -0.2) is 63.9 Å². The first kappa shape index (κ1) is 24.7. The van der Waals surface area contributed by atoms with Crippen LogP contribution >= 0.6 is 0 Å². The molecule has 7 unspecified atom stereocenters. The Bertz CT molecular complexity index is 810. The van der Waals surface area contributed by atoms with Gasteiger partial charge in [-0.05, 0) is 33.1 Å². The number of hydrogen-bond donors (Lipinski definition) is 2. The molecule has 31 heavy (non-hydrogen) atoms. The fourth-order valence-electron chi connectivity index (χ4n) is 3.87. The Morgan fingerprint density at radius 2 is 1.87 bits per heavy atom. The van der Waals surface area contributed by atoms with E-state index in [1.807, 2.05) is 0 Å². The fraction of sp³-hybridized carbons (Fsp3) is 0.636. The van der Waals surface area contributed by atoms with Crippen molar-refractivity contribution in [2.75, 3.05) is 0 Å². The standard InChI is InChI=1S/C22H30O9/c1-7-10(2)20(26)31-18-17-12(4)21(27)30-15(17)8-11(3)14(24)9-16(25)22(6,28)19(18)29-13(5)23/h7,11,14-15,17-19,24,28H,4,8-9H2,1-3,5-6H3. The summed E-state index contributed by atoms with van der Waals surface area (Å²) in [7, 11) is 0. The second-order valence-electron chi connectivity index (χ2n) is 8.42. The van der Waals surface area contributed by atoms with Gasteiger partial charge in [0.15, 0.2) is 23.6 Å². The summed E-state index contributed by atoms with van der Waals surface area (Å²) >= 11 is 0. The molecule has 9 heteroatoms. The fourth-order valence-corrected chi connectivity index (χ4v) is 3.87. The highest BCUT2D eigenvalue weighted by molar-refractivity contribution is 5.92. The molecule has 0 spiro atoms. The quantitative estimate of drug-likeness (QED) is 0.376. The molecule has 9 nitrogen and oxygen atoms in total. The highest BCUT2D eigenvalue weighted by atomic mass is 16.6. The predicted octanol–water partition coefficient (Wildman–Crippen LogP) is 1.00. The molecule has 0 radical (unpaired) electrons. The maximum atomic E-state index is 12.9. The Kier molecular flexibility index (Phi) is 7.44. The predicted molar refractivity (Wildman–Crippen MR) is 107 cm³/mol. The van der Waals surface area contributed by atoms with Crippen molar-refractivity contribution in [3.8, 4) is 0 Å². The topological polar surface area (TPSA) is 136 Å². The van der Waals surface area contributed by atoms with E-state index in [4.69, 9.17) is 14.2 Å². The molecule has 2 rings (SSSR count). The van der Waals surface area contributed by atoms with Crippen molar-refractivity contribution in [3.05, 3.63) is 23.8 Å². The number of carbonyl (C=O) groups excluding carboxylic acids is 4. The summed E-state index contributed by atoms with van der Waals surface area (Å²) in [4.78, 5) is 49.7. The van der Waals surface area contributed by atoms with Crippen molar-refractivity contribution < 1.29 is 43.6 Å². The minimum Gasteiger partial charge on any atom is -0.458 e. The molecule has 0 bridgehead atoms. The first-order chi connectivity index (χ1) is 14.3. The Balaban J connectivity index is 2.67. The number of hydrogen-bond acceptors (Lipinski definition) is 9. The van der Waals surface area contributed by atoms with Crippen LogP contribution in [0.15, 0.2) is 23.8 Å². The summed E-state index contributed by atoms with van der Waals surface area (Å²) in [6.45, 7) is 10.8. The number of carbonyl (C=O) groups is 4. The van der Waals surface area contributed by atoms with Crippen molar-refractivity contribution in [1.82, 2.24) is 0 Å². The molecule has 0 aromatic heterocycles. The molecule has 0 aromatic rings. The smallest absolute Gasteiger partial charge is 0.334 e. The average Bonchev–Trinajstić information content (AvgIpc) is 2.95. The first-order valence-corrected chi connectivity index (χ1v) is 10.2. The van der Waals surface area contributed by atoms with Crippen molar-refractivity contribution >= 4 is 23.7 Å². The van der Waals surface area contributed by atoms with E-state index in [-0.39, 0.29) is 17.6 Å². The lowest BCUT2D eigenvalue weighted by Gasteiger charge is -2.41. The molecule has 1 saturated carbocycles. The average molecular weight is 438 g/mol. The molecule has 2 aliphatic rings. The molecular formula is C22H30O9. The van der Waals surface area contributed by atoms with E-state index in [2.05, 4.69) is 6.58 Å². The number of allylic oxidation sites excluding steroid dienone is 1. The first-order valence-electron chi connectivity index (χ1n) is 10.2. The van der Waals surface area contributed by atoms with Crippen LogP contribution in [-0.2, 0) is 33.4 Å². The number of aliphatic hydroxyl groups is 2. The lowest BCUT2D eigenvalue weighted by Crippen LogP contribution is -2.59. The Morgan fingerprint density at radius 3 is 2.42 bits per heavy atom. The Morgan fingerprint density at radius 1 is 1.26 bits per heavy atom. The lowest BCUT2D eigenvalue weighted by atomic mass is 9.75. The molecular weight excluding hydrogens is 408 g/mol. The van der Waals surface area contributed by atoms with E-state index in [0.717, 1.165) is 13.8 Å². The lowest BCUT2D eigenvalue weighted by molar-refractivity contribution is -0.198. The molecule has 0 amide bonds. The largest absolute Gasteiger partial charge is 0.458 e. The van der Waals surface area contributed by atoms with E-state index in [1.54, 1.807) is 13.8 Å². The van der Waals surface area contributed by atoms with Crippen molar-refractivity contribution in [2.24, 2.45) is 11.8 Å². The van der Waals surface area contributed by atoms with Crippen LogP contribution in [0.1, 0.15) is 47.5 Å². The molecule has 0 aromatic carbocycles. The summed E-state index contributed by atoms with van der Waals surface area (Å²) < 4.78 is 16.3. The second-order valence-corrected chi connectivity index (χ2v) is 8.42. The molecule has 7 atom stereocenters. The summed E-state index contributed by atoms with van der Waals surface area (Å²) in [5.74, 6) is -4.62. The minimum absolute atomic E-state index is 0.0383. The van der Waals surface area contributed by atoms with Crippen LogP contribution < -0.4 is 0 Å². The van der Waals surface area contributed by atoms with E-state index in [0.29, 0.717) is 0 Å². The molecule has 2 fully saturated rings. The zero-order valence-corrected chi connectivity index (χ0v) is 18.4. The van der Waals surface area contributed by atoms with Crippen molar-refractivity contribution in [2.45, 2.75) is 77.5 Å². The summed E-state index contributed by atoms with van der Waals surface area (Å²) in [6, 6.07) is 0. The third-order valence-corrected chi connectivity index (χ3v) is 6.04. The molecule has 1 saturated heterocycles. The van der Waals surface area contributed by atoms with Crippen molar-refractivity contribution in [3.63, 3.8) is 0 Å². The van der Waals surface area contributed by atoms with Gasteiger partial charge in [-0.25, -0.2) is 9.59 Å². The molecule has 1 aliphatic heterocycles. The Hall–Kier alpha value is -2.52. The normalized spacial score (nSPS) is 37.0. The number of rotatable bonds is 3. The van der Waals surface area contributed by atoms with Gasteiger partial charge in [0, 0.05) is 24.5 Å². The monoisotopic (exact) mass is 438 g/mol. The van der Waals surface area contributed by atoms with Crippen LogP contribution in [0.3, 0.4) is 0 Å². The number of ketones is 1. The van der Waals surface area contributed by atoms with Gasteiger partial charge in [-0.15, -0.1) is 0 Å². The summed E-state index contributed by atoms with van der Waals surface area (Å²) in [5.41, 5.74) is -2.13. The van der Waals surface area contributed by atoms with Gasteiger partial charge in [-0.2, -0.15) is 0 Å². The van der Waals surface area contributed by atoms with Gasteiger partial charge < -0.3 is 24.4 Å². The second kappa shape index (κ2) is 9.32. The van der Waals surface area contributed by atoms with Gasteiger partial charge >= 0.3 is 17.9 Å². The third-order valence-electron chi connectivity index (χ3n) is 6.04. The highest BCUT2D eigenvalue weighted by Crippen LogP contribution is 2.41. The summed E-state index contributed by atoms with van der Waals surface area (Å²) in [6.07, 6.45) is -3.86. The molecule has 172 valence electrons. The van der Waals surface area contributed by atoms with Gasteiger partial charge in [0.1, 0.15) is 6.10 Å². The Labute approximate surface area is 181 Å². The van der Waals surface area contributed by atoms with Gasteiger partial charge in [0.2, 0.25) is 0 Å². The number of aliphatic hydroxyl groups excluding tert-OH is 1. The van der Waals surface area contributed by atoms with E-state index < -0.39 is 72.0 Å². The van der Waals surface area contributed by atoms with Gasteiger partial charge in [0.05, 0.1) is 12.0 Å². The highest BCUT2D eigenvalue weighted by Gasteiger charge is 2.57. The number of Topliss-reactive ketones (excluding diaryl/α,β-unsaturated/α-hetero) is 1. The number of ether oxygens (including phenoxy) is 3. The number of esters is 3. The van der Waals surface area contributed by atoms with E-state index in [9.17, 15) is 29.4 Å². The number of fused-ring (bicyclic) bond motifs is 1. The zero-order chi connectivity index (χ0) is 23.7. The van der Waals surface area contributed by atoms with Crippen LogP contribution in [0.2, 0.25) is 0 Å². The summed E-state index contributed by atoms with van der Waals surface area (Å²) in [5, 5.41) is 21.6. The molecule has 1 heterocycles. The van der Waals surface area contributed by atoms with Crippen LogP contribution in [0.5, 0.6) is 0 Å². The van der Waals surface area contributed by atoms with Crippen molar-refractivity contribution in [1.29, 1.82) is 0 Å². The van der Waals surface area contributed by atoms with Gasteiger partial charge in [-0.3, -0.25) is 9.59 Å². The molecule has 2 N–H and O–H groups in total. The van der Waals surface area contributed by atoms with Crippen LogP contribution in [0, 0.1) is 11.8 Å². The van der Waals surface area contributed by atoms with E-state index in [1.165, 1.54) is 13.0 Å². The maximum absolute atomic E-state index is 12.9. The van der Waals surface area contributed by atoms with E-state index >= 15 is 0 Å². The minimum atomic E-state index is -2.32. The van der Waals surface area contributed by atoms with Crippen LogP contribution in [0.25, 0.3) is 0 Å². The van der Waals surface area contributed by atoms with Gasteiger partial charge in [0.25, 0.3) is 0 Å².